The number of carbonyl (C=O) groups is 2. The SMILES string of the molecule is NC(=O)CC1(O)CCCN(C(=O)c2cccc(C3CCC3)c2)C1. The minimum Gasteiger partial charge on any atom is -0.388 e. The molecule has 5 nitrogen and oxygen atoms in total. The van der Waals surface area contributed by atoms with Gasteiger partial charge in [-0.3, -0.25) is 9.59 Å². The predicted molar refractivity (Wildman–Crippen MR) is 86.9 cm³/mol. The minimum atomic E-state index is -1.19. The molecule has 2 amide bonds. The maximum Gasteiger partial charge on any atom is 0.253 e. The number of carbonyl (C=O) groups excluding carboxylic acids is 2. The molecule has 3 rings (SSSR count). The van der Waals surface area contributed by atoms with Crippen LogP contribution in [-0.4, -0.2) is 40.5 Å². The fourth-order valence-electron chi connectivity index (χ4n) is 3.60. The van der Waals surface area contributed by atoms with Crippen LogP contribution in [0.1, 0.15) is 60.4 Å². The number of nitrogens with zero attached hydrogens (tertiary/aromatic N) is 1. The molecule has 0 radical (unpaired) electrons. The second-order valence-corrected chi connectivity index (χ2v) is 6.95. The highest BCUT2D eigenvalue weighted by Crippen LogP contribution is 2.36. The summed E-state index contributed by atoms with van der Waals surface area (Å²) in [4.78, 5) is 25.5. The molecular weight excluding hydrogens is 292 g/mol. The van der Waals surface area contributed by atoms with Crippen molar-refractivity contribution in [3.05, 3.63) is 35.4 Å². The van der Waals surface area contributed by atoms with Crippen LogP contribution in [0, 0.1) is 0 Å². The number of likely N-dealkylation sites (tertiary alicyclic amines) is 1. The van der Waals surface area contributed by atoms with Gasteiger partial charge in [0.1, 0.15) is 0 Å². The molecule has 2 fully saturated rings. The molecule has 3 N–H and O–H groups in total. The molecule has 0 aromatic heterocycles. The number of hydrogen-bond acceptors (Lipinski definition) is 3. The number of primary amides is 1. The Labute approximate surface area is 136 Å². The van der Waals surface area contributed by atoms with Crippen molar-refractivity contribution in [1.82, 2.24) is 4.90 Å². The van der Waals surface area contributed by atoms with Gasteiger partial charge in [0.2, 0.25) is 5.91 Å². The molecule has 1 aromatic carbocycles. The highest BCUT2D eigenvalue weighted by Gasteiger charge is 2.36. The number of β-amino-alcohol motifs (C(OH)–C–C–N with tert-alkyl or cyclic N) is 1. The Morgan fingerprint density at radius 1 is 1.30 bits per heavy atom. The van der Waals surface area contributed by atoms with Crippen LogP contribution in [0.3, 0.4) is 0 Å². The first-order valence-corrected chi connectivity index (χ1v) is 8.37. The van der Waals surface area contributed by atoms with E-state index in [0.29, 0.717) is 30.9 Å². The summed E-state index contributed by atoms with van der Waals surface area (Å²) < 4.78 is 0. The number of nitrogens with two attached hydrogens (primary N) is 1. The topological polar surface area (TPSA) is 83.6 Å². The van der Waals surface area contributed by atoms with Crippen LogP contribution in [-0.2, 0) is 4.79 Å². The summed E-state index contributed by atoms with van der Waals surface area (Å²) in [5.41, 5.74) is 5.92. The Morgan fingerprint density at radius 3 is 2.74 bits per heavy atom. The van der Waals surface area contributed by atoms with Crippen molar-refractivity contribution in [1.29, 1.82) is 0 Å². The van der Waals surface area contributed by atoms with Crippen LogP contribution < -0.4 is 5.73 Å². The van der Waals surface area contributed by atoms with Gasteiger partial charge in [-0.2, -0.15) is 0 Å². The zero-order valence-electron chi connectivity index (χ0n) is 13.3. The number of piperidine rings is 1. The van der Waals surface area contributed by atoms with Crippen molar-refractivity contribution in [3.8, 4) is 0 Å². The zero-order chi connectivity index (χ0) is 16.4. The summed E-state index contributed by atoms with van der Waals surface area (Å²) in [6, 6.07) is 7.82. The van der Waals surface area contributed by atoms with Crippen molar-refractivity contribution in [2.24, 2.45) is 5.73 Å². The Morgan fingerprint density at radius 2 is 2.09 bits per heavy atom. The van der Waals surface area contributed by atoms with E-state index in [9.17, 15) is 14.7 Å². The fourth-order valence-corrected chi connectivity index (χ4v) is 3.60. The van der Waals surface area contributed by atoms with Crippen molar-refractivity contribution in [2.45, 2.75) is 50.0 Å². The summed E-state index contributed by atoms with van der Waals surface area (Å²) >= 11 is 0. The summed E-state index contributed by atoms with van der Waals surface area (Å²) in [5, 5.41) is 10.5. The molecule has 2 aliphatic rings. The van der Waals surface area contributed by atoms with E-state index in [4.69, 9.17) is 5.73 Å². The van der Waals surface area contributed by atoms with Gasteiger partial charge in [-0.05, 0) is 49.3 Å². The summed E-state index contributed by atoms with van der Waals surface area (Å²) in [6.45, 7) is 0.774. The van der Waals surface area contributed by atoms with Crippen molar-refractivity contribution in [3.63, 3.8) is 0 Å². The van der Waals surface area contributed by atoms with Gasteiger partial charge in [-0.25, -0.2) is 0 Å². The Hall–Kier alpha value is -1.88. The zero-order valence-corrected chi connectivity index (χ0v) is 13.3. The molecule has 1 aromatic rings. The van der Waals surface area contributed by atoms with Gasteiger partial charge >= 0.3 is 0 Å². The van der Waals surface area contributed by atoms with E-state index in [1.807, 2.05) is 18.2 Å². The van der Waals surface area contributed by atoms with Gasteiger partial charge in [0.05, 0.1) is 18.6 Å². The number of aliphatic hydroxyl groups is 1. The third-order valence-corrected chi connectivity index (χ3v) is 5.06. The first-order valence-electron chi connectivity index (χ1n) is 8.37. The minimum absolute atomic E-state index is 0.0752. The van der Waals surface area contributed by atoms with E-state index in [2.05, 4.69) is 6.07 Å². The van der Waals surface area contributed by atoms with Gasteiger partial charge in [-0.15, -0.1) is 0 Å². The van der Waals surface area contributed by atoms with Crippen LogP contribution in [0.15, 0.2) is 24.3 Å². The summed E-state index contributed by atoms with van der Waals surface area (Å²) in [6.07, 6.45) is 4.73. The molecule has 5 heteroatoms. The maximum atomic E-state index is 12.8. The summed E-state index contributed by atoms with van der Waals surface area (Å²) in [7, 11) is 0. The predicted octanol–water partition coefficient (Wildman–Crippen LogP) is 1.80. The molecule has 0 spiro atoms. The van der Waals surface area contributed by atoms with E-state index < -0.39 is 11.5 Å². The van der Waals surface area contributed by atoms with Crippen LogP contribution in [0.25, 0.3) is 0 Å². The Kier molecular flexibility index (Phi) is 4.39. The van der Waals surface area contributed by atoms with Gasteiger partial charge in [-0.1, -0.05) is 18.6 Å². The van der Waals surface area contributed by atoms with Gasteiger partial charge in [0.25, 0.3) is 5.91 Å². The molecule has 1 saturated carbocycles. The monoisotopic (exact) mass is 316 g/mol. The number of amides is 2. The second-order valence-electron chi connectivity index (χ2n) is 6.95. The Bertz CT molecular complexity index is 612. The van der Waals surface area contributed by atoms with Crippen molar-refractivity contribution < 1.29 is 14.7 Å². The maximum absolute atomic E-state index is 12.8. The molecule has 124 valence electrons. The molecular formula is C18H24N2O3. The number of hydrogen-bond donors (Lipinski definition) is 2. The van der Waals surface area contributed by atoms with Crippen LogP contribution in [0.4, 0.5) is 0 Å². The lowest BCUT2D eigenvalue weighted by Gasteiger charge is -2.38. The third-order valence-electron chi connectivity index (χ3n) is 5.06. The third kappa shape index (κ3) is 3.55. The van der Waals surface area contributed by atoms with E-state index in [1.165, 1.54) is 24.8 Å². The van der Waals surface area contributed by atoms with E-state index in [0.717, 1.165) is 0 Å². The molecule has 0 bridgehead atoms. The molecule has 23 heavy (non-hydrogen) atoms. The lowest BCUT2D eigenvalue weighted by Crippen LogP contribution is -2.51. The molecule has 1 aliphatic carbocycles. The average molecular weight is 316 g/mol. The normalized spacial score (nSPS) is 25.0. The van der Waals surface area contributed by atoms with E-state index in [1.54, 1.807) is 4.90 Å². The molecule has 1 aliphatic heterocycles. The lowest BCUT2D eigenvalue weighted by atomic mass is 9.79. The smallest absolute Gasteiger partial charge is 0.253 e. The molecule has 1 heterocycles. The average Bonchev–Trinajstić information content (AvgIpc) is 2.43. The first-order chi connectivity index (χ1) is 11.0. The van der Waals surface area contributed by atoms with Crippen LogP contribution in [0.5, 0.6) is 0 Å². The Balaban J connectivity index is 1.73. The van der Waals surface area contributed by atoms with Gasteiger partial charge in [0, 0.05) is 12.1 Å². The first kappa shape index (κ1) is 16.0. The standard InChI is InChI=1S/C18H24N2O3/c19-16(21)11-18(23)8-3-9-20(12-18)17(22)15-7-2-6-14(10-15)13-4-1-5-13/h2,6-7,10,13,23H,1,3-5,8-9,11-12H2,(H2,19,21). The van der Waals surface area contributed by atoms with Gasteiger partial charge in [0.15, 0.2) is 0 Å². The van der Waals surface area contributed by atoms with Crippen LogP contribution >= 0.6 is 0 Å². The number of benzene rings is 1. The lowest BCUT2D eigenvalue weighted by molar-refractivity contribution is -0.125. The van der Waals surface area contributed by atoms with Crippen molar-refractivity contribution >= 4 is 11.8 Å². The van der Waals surface area contributed by atoms with Crippen LogP contribution in [0.2, 0.25) is 0 Å². The highest BCUT2D eigenvalue weighted by atomic mass is 16.3. The fraction of sp³-hybridized carbons (Fsp3) is 0.556. The van der Waals surface area contributed by atoms with E-state index in [-0.39, 0.29) is 18.9 Å². The number of rotatable bonds is 4. The molecule has 1 saturated heterocycles. The van der Waals surface area contributed by atoms with Crippen molar-refractivity contribution in [2.75, 3.05) is 13.1 Å². The van der Waals surface area contributed by atoms with Gasteiger partial charge < -0.3 is 15.7 Å². The summed E-state index contributed by atoms with van der Waals surface area (Å²) in [5.74, 6) is -0.0292. The molecule has 1 unspecified atom stereocenters. The quantitative estimate of drug-likeness (QED) is 0.888. The second kappa shape index (κ2) is 6.32. The largest absolute Gasteiger partial charge is 0.388 e. The van der Waals surface area contributed by atoms with E-state index >= 15 is 0 Å². The molecule has 1 atom stereocenters. The highest BCUT2D eigenvalue weighted by molar-refractivity contribution is 5.94.